The summed E-state index contributed by atoms with van der Waals surface area (Å²) >= 11 is 6.21. The van der Waals surface area contributed by atoms with Gasteiger partial charge in [-0.1, -0.05) is 47.5 Å². The molecule has 2 aromatic heterocycles. The first-order valence-electron chi connectivity index (χ1n) is 6.62. The number of nitrogens with one attached hydrogen (secondary N) is 1. The third-order valence-electron chi connectivity index (χ3n) is 3.23. The number of amides is 1. The molecule has 0 saturated heterocycles. The SMILES string of the molecule is Cc1cccc(CNC(=O)c2nn3ccccc3c2Cl)c1. The maximum atomic E-state index is 12.2. The van der Waals surface area contributed by atoms with Crippen LogP contribution in [0.1, 0.15) is 21.6 Å². The lowest BCUT2D eigenvalue weighted by atomic mass is 10.1. The Bertz CT molecular complexity index is 810. The van der Waals surface area contributed by atoms with Crippen LogP contribution in [0.2, 0.25) is 5.02 Å². The molecule has 0 aliphatic rings. The number of carbonyl (C=O) groups excluding carboxylic acids is 1. The van der Waals surface area contributed by atoms with E-state index in [0.717, 1.165) is 16.6 Å². The van der Waals surface area contributed by atoms with Crippen LogP contribution in [0.4, 0.5) is 0 Å². The van der Waals surface area contributed by atoms with Gasteiger partial charge >= 0.3 is 0 Å². The Hall–Kier alpha value is -2.33. The van der Waals surface area contributed by atoms with E-state index in [1.807, 2.05) is 49.4 Å². The topological polar surface area (TPSA) is 46.4 Å². The monoisotopic (exact) mass is 299 g/mol. The van der Waals surface area contributed by atoms with Gasteiger partial charge in [0.1, 0.15) is 0 Å². The minimum absolute atomic E-state index is 0.246. The molecule has 2 heterocycles. The molecule has 1 N–H and O–H groups in total. The van der Waals surface area contributed by atoms with Gasteiger partial charge in [-0.2, -0.15) is 5.10 Å². The Morgan fingerprint density at radius 2 is 2.14 bits per heavy atom. The van der Waals surface area contributed by atoms with E-state index >= 15 is 0 Å². The number of benzene rings is 1. The van der Waals surface area contributed by atoms with Crippen LogP contribution in [0, 0.1) is 6.92 Å². The fraction of sp³-hybridized carbons (Fsp3) is 0.125. The van der Waals surface area contributed by atoms with E-state index < -0.39 is 0 Å². The lowest BCUT2D eigenvalue weighted by Gasteiger charge is -2.04. The number of halogens is 1. The first kappa shape index (κ1) is 13.6. The normalized spacial score (nSPS) is 10.8. The third-order valence-corrected chi connectivity index (χ3v) is 3.60. The van der Waals surface area contributed by atoms with Crippen molar-refractivity contribution < 1.29 is 4.79 Å². The van der Waals surface area contributed by atoms with Crippen LogP contribution in [0.3, 0.4) is 0 Å². The summed E-state index contributed by atoms with van der Waals surface area (Å²) in [5.74, 6) is -0.273. The summed E-state index contributed by atoms with van der Waals surface area (Å²) in [5.41, 5.74) is 3.17. The number of hydrogen-bond donors (Lipinski definition) is 1. The molecule has 3 aromatic rings. The molecule has 0 fully saturated rings. The van der Waals surface area contributed by atoms with E-state index in [0.29, 0.717) is 11.6 Å². The summed E-state index contributed by atoms with van der Waals surface area (Å²) in [6.07, 6.45) is 1.76. The van der Waals surface area contributed by atoms with Gasteiger partial charge in [0.2, 0.25) is 0 Å². The highest BCUT2D eigenvalue weighted by Gasteiger charge is 2.17. The number of fused-ring (bicyclic) bond motifs is 1. The molecule has 0 aliphatic heterocycles. The van der Waals surface area contributed by atoms with Crippen molar-refractivity contribution in [2.75, 3.05) is 0 Å². The second-order valence-electron chi connectivity index (χ2n) is 4.86. The Kier molecular flexibility index (Phi) is 3.62. The molecule has 21 heavy (non-hydrogen) atoms. The summed E-state index contributed by atoms with van der Waals surface area (Å²) in [4.78, 5) is 12.2. The average Bonchev–Trinajstić information content (AvgIpc) is 2.83. The van der Waals surface area contributed by atoms with Gasteiger partial charge in [0.05, 0.1) is 10.5 Å². The highest BCUT2D eigenvalue weighted by atomic mass is 35.5. The molecule has 0 radical (unpaired) electrons. The lowest BCUT2D eigenvalue weighted by molar-refractivity contribution is 0.0945. The van der Waals surface area contributed by atoms with E-state index in [4.69, 9.17) is 11.6 Å². The van der Waals surface area contributed by atoms with Crippen molar-refractivity contribution in [1.82, 2.24) is 14.9 Å². The molecule has 0 bridgehead atoms. The van der Waals surface area contributed by atoms with E-state index in [9.17, 15) is 4.79 Å². The predicted molar refractivity (Wildman–Crippen MR) is 82.6 cm³/mol. The number of rotatable bonds is 3. The minimum atomic E-state index is -0.273. The summed E-state index contributed by atoms with van der Waals surface area (Å²) in [6, 6.07) is 13.5. The number of carbonyl (C=O) groups is 1. The fourth-order valence-corrected chi connectivity index (χ4v) is 2.47. The summed E-state index contributed by atoms with van der Waals surface area (Å²) < 4.78 is 1.60. The average molecular weight is 300 g/mol. The molecule has 3 rings (SSSR count). The number of hydrogen-bond acceptors (Lipinski definition) is 2. The van der Waals surface area contributed by atoms with Crippen LogP contribution in [0.15, 0.2) is 48.7 Å². The van der Waals surface area contributed by atoms with Crippen LogP contribution in [0.25, 0.3) is 5.52 Å². The minimum Gasteiger partial charge on any atom is -0.347 e. The maximum absolute atomic E-state index is 12.2. The highest BCUT2D eigenvalue weighted by Crippen LogP contribution is 2.21. The van der Waals surface area contributed by atoms with Crippen LogP contribution >= 0.6 is 11.6 Å². The molecule has 1 aromatic carbocycles. The number of aryl methyl sites for hydroxylation is 1. The van der Waals surface area contributed by atoms with Crippen molar-refractivity contribution >= 4 is 23.0 Å². The zero-order valence-electron chi connectivity index (χ0n) is 11.5. The summed E-state index contributed by atoms with van der Waals surface area (Å²) in [7, 11) is 0. The molecule has 5 heteroatoms. The standard InChI is InChI=1S/C16H14ClN3O/c1-11-5-4-6-12(9-11)10-18-16(21)15-14(17)13-7-2-3-8-20(13)19-15/h2-9H,10H2,1H3,(H,18,21). The van der Waals surface area contributed by atoms with E-state index in [2.05, 4.69) is 10.4 Å². The van der Waals surface area contributed by atoms with Gasteiger partial charge in [-0.3, -0.25) is 4.79 Å². The number of aromatic nitrogens is 2. The van der Waals surface area contributed by atoms with Gasteiger partial charge in [0, 0.05) is 12.7 Å². The van der Waals surface area contributed by atoms with E-state index in [1.165, 1.54) is 0 Å². The largest absolute Gasteiger partial charge is 0.347 e. The quantitative estimate of drug-likeness (QED) is 0.807. The van der Waals surface area contributed by atoms with Gasteiger partial charge < -0.3 is 5.32 Å². The fourth-order valence-electron chi connectivity index (χ4n) is 2.20. The van der Waals surface area contributed by atoms with E-state index in [1.54, 1.807) is 10.7 Å². The number of nitrogens with zero attached hydrogens (tertiary/aromatic N) is 2. The molecule has 0 aliphatic carbocycles. The first-order valence-corrected chi connectivity index (χ1v) is 6.99. The molecule has 0 saturated carbocycles. The molecule has 0 atom stereocenters. The zero-order valence-corrected chi connectivity index (χ0v) is 12.3. The zero-order chi connectivity index (χ0) is 14.8. The smallest absolute Gasteiger partial charge is 0.273 e. The van der Waals surface area contributed by atoms with Gasteiger partial charge in [-0.05, 0) is 24.6 Å². The van der Waals surface area contributed by atoms with Gasteiger partial charge in [0.15, 0.2) is 5.69 Å². The Labute approximate surface area is 127 Å². The second-order valence-corrected chi connectivity index (χ2v) is 5.24. The Morgan fingerprint density at radius 3 is 2.90 bits per heavy atom. The van der Waals surface area contributed by atoms with E-state index in [-0.39, 0.29) is 11.6 Å². The number of pyridine rings is 1. The molecule has 0 spiro atoms. The maximum Gasteiger partial charge on any atom is 0.273 e. The molecular formula is C16H14ClN3O. The summed E-state index contributed by atoms with van der Waals surface area (Å²) in [5, 5.41) is 7.43. The van der Waals surface area contributed by atoms with Crippen LogP contribution in [0.5, 0.6) is 0 Å². The molecule has 106 valence electrons. The van der Waals surface area contributed by atoms with Gasteiger partial charge in [0.25, 0.3) is 5.91 Å². The first-order chi connectivity index (χ1) is 10.1. The van der Waals surface area contributed by atoms with Gasteiger partial charge in [-0.25, -0.2) is 4.52 Å². The molecule has 4 nitrogen and oxygen atoms in total. The van der Waals surface area contributed by atoms with Crippen molar-refractivity contribution in [1.29, 1.82) is 0 Å². The van der Waals surface area contributed by atoms with Crippen molar-refractivity contribution in [3.05, 3.63) is 70.5 Å². The highest BCUT2D eigenvalue weighted by molar-refractivity contribution is 6.36. The predicted octanol–water partition coefficient (Wildman–Crippen LogP) is 3.23. The van der Waals surface area contributed by atoms with Gasteiger partial charge in [-0.15, -0.1) is 0 Å². The van der Waals surface area contributed by atoms with Crippen LogP contribution in [-0.2, 0) is 6.54 Å². The Morgan fingerprint density at radius 1 is 1.29 bits per heavy atom. The molecule has 1 amide bonds. The van der Waals surface area contributed by atoms with Crippen LogP contribution < -0.4 is 5.32 Å². The van der Waals surface area contributed by atoms with Crippen LogP contribution in [-0.4, -0.2) is 15.5 Å². The van der Waals surface area contributed by atoms with Crippen molar-refractivity contribution in [2.24, 2.45) is 0 Å². The van der Waals surface area contributed by atoms with Crippen molar-refractivity contribution in [2.45, 2.75) is 13.5 Å². The molecule has 0 unspecified atom stereocenters. The Balaban J connectivity index is 1.79. The lowest BCUT2D eigenvalue weighted by Crippen LogP contribution is -2.23. The second kappa shape index (κ2) is 5.58. The summed E-state index contributed by atoms with van der Waals surface area (Å²) in [6.45, 7) is 2.47. The third kappa shape index (κ3) is 2.76. The van der Waals surface area contributed by atoms with Crippen molar-refractivity contribution in [3.8, 4) is 0 Å². The molecular weight excluding hydrogens is 286 g/mol. The van der Waals surface area contributed by atoms with Crippen molar-refractivity contribution in [3.63, 3.8) is 0 Å².